The molecule has 1 atom stereocenters. The van der Waals surface area contributed by atoms with E-state index in [1.807, 2.05) is 0 Å². The van der Waals surface area contributed by atoms with Crippen LogP contribution in [0.2, 0.25) is 0 Å². The maximum Gasteiger partial charge on any atom is 0.435 e. The minimum atomic E-state index is -4.87. The van der Waals surface area contributed by atoms with Gasteiger partial charge in [-0.3, -0.25) is 4.79 Å². The second-order valence-corrected chi connectivity index (χ2v) is 9.65. The first-order valence-corrected chi connectivity index (χ1v) is 11.5. The number of amides is 1. The maximum absolute atomic E-state index is 13.7. The molecule has 1 unspecified atom stereocenters. The van der Waals surface area contributed by atoms with Gasteiger partial charge in [-0.15, -0.1) is 10.2 Å². The first-order chi connectivity index (χ1) is 14.8. The summed E-state index contributed by atoms with van der Waals surface area (Å²) in [7, 11) is -3.09. The molecule has 7 nitrogen and oxygen atoms in total. The lowest BCUT2D eigenvalue weighted by Crippen LogP contribution is -2.30. The van der Waals surface area contributed by atoms with E-state index in [9.17, 15) is 31.0 Å². The Morgan fingerprint density at radius 1 is 1.19 bits per heavy atom. The topological polar surface area (TPSA) is 99.0 Å². The molecule has 0 saturated carbocycles. The lowest BCUT2D eigenvalue weighted by molar-refractivity contribution is -0.141. The van der Waals surface area contributed by atoms with Gasteiger partial charge >= 0.3 is 6.18 Å². The summed E-state index contributed by atoms with van der Waals surface area (Å²) in [5.41, 5.74) is -1.78. The Morgan fingerprint density at radius 3 is 2.56 bits per heavy atom. The molecule has 3 rings (SSSR count). The van der Waals surface area contributed by atoms with Crippen LogP contribution in [0.3, 0.4) is 0 Å². The predicted molar refractivity (Wildman–Crippen MR) is 107 cm³/mol. The average molecular weight is 477 g/mol. The SMILES string of the molecule is CS(=N)(=O)c1cccc(NC(=O)c2cc(C(F)(F)F)nnc2N2CCCC(F)(F)CC2)c1. The molecule has 1 saturated heterocycles. The Hall–Kier alpha value is -2.83. The molecule has 1 aromatic heterocycles. The van der Waals surface area contributed by atoms with Crippen LogP contribution in [0.25, 0.3) is 0 Å². The van der Waals surface area contributed by atoms with Crippen molar-refractivity contribution in [3.63, 3.8) is 0 Å². The van der Waals surface area contributed by atoms with Crippen molar-refractivity contribution >= 4 is 27.1 Å². The number of nitrogens with one attached hydrogen (secondary N) is 2. The molecule has 1 amide bonds. The highest BCUT2D eigenvalue weighted by molar-refractivity contribution is 7.91. The van der Waals surface area contributed by atoms with Crippen molar-refractivity contribution < 1.29 is 31.0 Å². The Kier molecular flexibility index (Phi) is 6.40. The molecule has 2 aromatic rings. The number of carbonyl (C=O) groups excluding carboxylic acids is 1. The third-order valence-corrected chi connectivity index (χ3v) is 6.02. The van der Waals surface area contributed by atoms with Gasteiger partial charge in [0.25, 0.3) is 5.91 Å². The summed E-state index contributed by atoms with van der Waals surface area (Å²) in [6.07, 6.45) is -4.54. The smallest absolute Gasteiger partial charge is 0.354 e. The van der Waals surface area contributed by atoms with Crippen LogP contribution in [0.15, 0.2) is 35.2 Å². The summed E-state index contributed by atoms with van der Waals surface area (Å²) < 4.78 is 86.6. The summed E-state index contributed by atoms with van der Waals surface area (Å²) in [5.74, 6) is -4.12. The Morgan fingerprint density at radius 2 is 1.91 bits per heavy atom. The van der Waals surface area contributed by atoms with Crippen molar-refractivity contribution in [2.45, 2.75) is 36.3 Å². The molecule has 0 bridgehead atoms. The molecule has 0 spiro atoms. The number of hydrogen-bond acceptors (Lipinski definition) is 6. The summed E-state index contributed by atoms with van der Waals surface area (Å²) in [6.45, 7) is -0.137. The highest BCUT2D eigenvalue weighted by atomic mass is 32.2. The molecule has 174 valence electrons. The molecule has 13 heteroatoms. The fourth-order valence-corrected chi connectivity index (χ4v) is 3.90. The normalized spacial score (nSPS) is 18.5. The van der Waals surface area contributed by atoms with Gasteiger partial charge < -0.3 is 10.2 Å². The van der Waals surface area contributed by atoms with Gasteiger partial charge in [-0.2, -0.15) is 13.2 Å². The highest BCUT2D eigenvalue weighted by Crippen LogP contribution is 2.33. The lowest BCUT2D eigenvalue weighted by Gasteiger charge is -2.24. The number of rotatable bonds is 4. The molecule has 1 aliphatic heterocycles. The van der Waals surface area contributed by atoms with Crippen molar-refractivity contribution in [3.8, 4) is 0 Å². The van der Waals surface area contributed by atoms with Gasteiger partial charge in [0, 0.05) is 42.8 Å². The van der Waals surface area contributed by atoms with Gasteiger partial charge in [0.2, 0.25) is 5.92 Å². The maximum atomic E-state index is 13.7. The van der Waals surface area contributed by atoms with E-state index in [1.165, 1.54) is 35.4 Å². The lowest BCUT2D eigenvalue weighted by atomic mass is 10.1. The van der Waals surface area contributed by atoms with Gasteiger partial charge in [0.05, 0.1) is 15.3 Å². The van der Waals surface area contributed by atoms with Crippen LogP contribution in [0.4, 0.5) is 33.5 Å². The second-order valence-electron chi connectivity index (χ2n) is 7.49. The highest BCUT2D eigenvalue weighted by Gasteiger charge is 2.37. The fourth-order valence-electron chi connectivity index (χ4n) is 3.21. The van der Waals surface area contributed by atoms with Gasteiger partial charge in [0.1, 0.15) is 0 Å². The molecule has 0 aliphatic carbocycles. The van der Waals surface area contributed by atoms with E-state index < -0.39 is 45.4 Å². The van der Waals surface area contributed by atoms with Crippen LogP contribution >= 0.6 is 0 Å². The Balaban J connectivity index is 1.98. The molecular weight excluding hydrogens is 457 g/mol. The monoisotopic (exact) mass is 477 g/mol. The zero-order valence-corrected chi connectivity index (χ0v) is 17.7. The zero-order valence-electron chi connectivity index (χ0n) is 16.9. The summed E-state index contributed by atoms with van der Waals surface area (Å²) in [5, 5.41) is 9.10. The van der Waals surface area contributed by atoms with E-state index in [1.54, 1.807) is 0 Å². The van der Waals surface area contributed by atoms with E-state index >= 15 is 0 Å². The molecule has 0 radical (unpaired) electrons. The number of alkyl halides is 5. The Labute approximate surface area is 181 Å². The molecule has 1 aromatic carbocycles. The van der Waals surface area contributed by atoms with Crippen molar-refractivity contribution in [2.24, 2.45) is 0 Å². The van der Waals surface area contributed by atoms with E-state index in [-0.39, 0.29) is 42.3 Å². The summed E-state index contributed by atoms with van der Waals surface area (Å²) in [4.78, 5) is 14.3. The van der Waals surface area contributed by atoms with Crippen LogP contribution in [-0.4, -0.2) is 45.6 Å². The first kappa shape index (κ1) is 23.8. The number of aromatic nitrogens is 2. The van der Waals surface area contributed by atoms with Crippen LogP contribution in [-0.2, 0) is 15.9 Å². The standard InChI is InChI=1S/C19H20F5N5O2S/c1-32(25,31)13-5-2-4-12(10-13)26-17(30)14-11-15(19(22,23)24)27-28-16(14)29-8-3-6-18(20,21)7-9-29/h2,4-5,10-11,25H,3,6-9H2,1H3,(H,26,30). The van der Waals surface area contributed by atoms with E-state index in [0.29, 0.717) is 6.07 Å². The second kappa shape index (κ2) is 8.60. The molecule has 32 heavy (non-hydrogen) atoms. The first-order valence-electron chi connectivity index (χ1n) is 9.49. The van der Waals surface area contributed by atoms with Gasteiger partial charge in [-0.1, -0.05) is 6.07 Å². The van der Waals surface area contributed by atoms with Crippen LogP contribution < -0.4 is 10.2 Å². The largest absolute Gasteiger partial charge is 0.435 e. The van der Waals surface area contributed by atoms with Gasteiger partial charge in [-0.25, -0.2) is 17.8 Å². The van der Waals surface area contributed by atoms with Crippen molar-refractivity contribution in [1.82, 2.24) is 10.2 Å². The van der Waals surface area contributed by atoms with E-state index in [0.717, 1.165) is 0 Å². The van der Waals surface area contributed by atoms with Crippen LogP contribution in [0.1, 0.15) is 35.3 Å². The Bertz CT molecular complexity index is 1120. The summed E-state index contributed by atoms with van der Waals surface area (Å²) >= 11 is 0. The molecule has 2 heterocycles. The van der Waals surface area contributed by atoms with E-state index in [4.69, 9.17) is 4.78 Å². The third-order valence-electron chi connectivity index (χ3n) is 4.87. The number of hydrogen-bond donors (Lipinski definition) is 2. The van der Waals surface area contributed by atoms with Crippen molar-refractivity contribution in [1.29, 1.82) is 4.78 Å². The molecular formula is C19H20F5N5O2S. The number of carbonyl (C=O) groups is 1. The number of nitrogens with zero attached hydrogens (tertiary/aromatic N) is 3. The third kappa shape index (κ3) is 5.69. The number of benzene rings is 1. The molecule has 1 fully saturated rings. The van der Waals surface area contributed by atoms with Gasteiger partial charge in [0.15, 0.2) is 11.5 Å². The average Bonchev–Trinajstić information content (AvgIpc) is 2.87. The minimum Gasteiger partial charge on any atom is -0.354 e. The van der Waals surface area contributed by atoms with Gasteiger partial charge in [-0.05, 0) is 30.7 Å². The van der Waals surface area contributed by atoms with Crippen LogP contribution in [0, 0.1) is 4.78 Å². The number of anilines is 2. The predicted octanol–water partition coefficient (Wildman–Crippen LogP) is 4.41. The van der Waals surface area contributed by atoms with Crippen molar-refractivity contribution in [2.75, 3.05) is 29.6 Å². The quantitative estimate of drug-likeness (QED) is 0.636. The van der Waals surface area contributed by atoms with E-state index in [2.05, 4.69) is 15.5 Å². The summed E-state index contributed by atoms with van der Waals surface area (Å²) in [6, 6.07) is 6.07. The fraction of sp³-hybridized carbons (Fsp3) is 0.421. The molecule has 1 aliphatic rings. The van der Waals surface area contributed by atoms with Crippen molar-refractivity contribution in [3.05, 3.63) is 41.6 Å². The zero-order chi connectivity index (χ0) is 23.7. The number of halogens is 5. The van der Waals surface area contributed by atoms with Crippen LogP contribution in [0.5, 0.6) is 0 Å². The molecule has 2 N–H and O–H groups in total. The minimum absolute atomic E-state index is 0.0627.